The van der Waals surface area contributed by atoms with Gasteiger partial charge in [-0.15, -0.1) is 0 Å². The summed E-state index contributed by atoms with van der Waals surface area (Å²) in [6.45, 7) is 2.17. The molecule has 0 spiro atoms. The molecule has 1 aliphatic heterocycles. The van der Waals surface area contributed by atoms with Crippen molar-refractivity contribution >= 4 is 18.0 Å². The van der Waals surface area contributed by atoms with Crippen LogP contribution in [0, 0.1) is 5.92 Å². The number of piperidine rings is 1. The molecule has 2 saturated carbocycles. The lowest BCUT2D eigenvalue weighted by molar-refractivity contribution is -0.173. The van der Waals surface area contributed by atoms with E-state index in [0.717, 1.165) is 41.6 Å². The summed E-state index contributed by atoms with van der Waals surface area (Å²) < 4.78 is 0. The number of amides is 1. The number of hydrogen-bond donors (Lipinski definition) is 3. The molecule has 1 amide bonds. The van der Waals surface area contributed by atoms with Gasteiger partial charge in [0.05, 0.1) is 11.2 Å². The predicted molar refractivity (Wildman–Crippen MR) is 163 cm³/mol. The Kier molecular flexibility index (Phi) is 6.98. The number of benzene rings is 3. The lowest BCUT2D eigenvalue weighted by Gasteiger charge is -2.63. The van der Waals surface area contributed by atoms with E-state index in [0.29, 0.717) is 55.7 Å². The van der Waals surface area contributed by atoms with Gasteiger partial charge in [0.25, 0.3) is 5.91 Å². The Morgan fingerprint density at radius 1 is 1.00 bits per heavy atom. The number of aliphatic hydroxyl groups is 1. The fourth-order valence-electron chi connectivity index (χ4n) is 8.07. The molecule has 43 heavy (non-hydrogen) atoms. The van der Waals surface area contributed by atoms with Crippen molar-refractivity contribution in [3.05, 3.63) is 88.5 Å². The zero-order valence-corrected chi connectivity index (χ0v) is 24.4. The van der Waals surface area contributed by atoms with Crippen LogP contribution in [0.1, 0.15) is 75.9 Å². The van der Waals surface area contributed by atoms with E-state index in [1.165, 1.54) is 12.8 Å². The number of hydrogen-bond acceptors (Lipinski definition) is 6. The first-order valence-electron chi connectivity index (χ1n) is 15.6. The van der Waals surface area contributed by atoms with Gasteiger partial charge in [-0.3, -0.25) is 19.3 Å². The Morgan fingerprint density at radius 2 is 1.72 bits per heavy atom. The number of ketones is 1. The van der Waals surface area contributed by atoms with Crippen molar-refractivity contribution in [1.29, 1.82) is 0 Å². The molecule has 3 atom stereocenters. The lowest BCUT2D eigenvalue weighted by atomic mass is 9.49. The number of nitrogens with zero attached hydrogens (tertiary/aromatic N) is 1. The average Bonchev–Trinajstić information content (AvgIpc) is 3.83. The largest absolute Gasteiger partial charge is 0.507 e. The summed E-state index contributed by atoms with van der Waals surface area (Å²) in [5.41, 5.74) is 3.58. The van der Waals surface area contributed by atoms with E-state index in [9.17, 15) is 24.6 Å². The number of Topliss-reactive ketones (excluding diaryl/α,β-unsaturated/α-hetero) is 1. The number of nitrogens with one attached hydrogen (secondary N) is 1. The molecule has 3 N–H and O–H groups in total. The molecule has 4 aliphatic rings. The first-order chi connectivity index (χ1) is 20.8. The van der Waals surface area contributed by atoms with Gasteiger partial charge < -0.3 is 15.5 Å². The van der Waals surface area contributed by atoms with E-state index in [1.54, 1.807) is 18.2 Å². The van der Waals surface area contributed by atoms with Gasteiger partial charge in [-0.2, -0.15) is 0 Å². The van der Waals surface area contributed by atoms with Gasteiger partial charge in [0.2, 0.25) is 0 Å². The highest BCUT2D eigenvalue weighted by molar-refractivity contribution is 5.98. The standard InChI is InChI=1S/C36H38N2O5/c39-22-25-5-9-27(10-6-25)26-7-3-23(4-8-26)14-17-37-34(42)30-12-11-28-19-31-36(43)15-13-29(40)20-35(36,32(28)33(30)41)16-18-38(31)21-24-1-2-24/h3-12,22,24,31,41,43H,1-2,13-21H2,(H,37,42)/t31-,35-,36-/m1/s1. The summed E-state index contributed by atoms with van der Waals surface area (Å²) in [5, 5.41) is 27.0. The highest BCUT2D eigenvalue weighted by Gasteiger charge is 2.65. The van der Waals surface area contributed by atoms with E-state index < -0.39 is 11.0 Å². The molecule has 0 radical (unpaired) electrons. The zero-order valence-electron chi connectivity index (χ0n) is 24.4. The third kappa shape index (κ3) is 4.79. The van der Waals surface area contributed by atoms with Gasteiger partial charge >= 0.3 is 0 Å². The topological polar surface area (TPSA) is 107 Å². The summed E-state index contributed by atoms with van der Waals surface area (Å²) in [6, 6.07) is 19.1. The molecular weight excluding hydrogens is 540 g/mol. The monoisotopic (exact) mass is 578 g/mol. The summed E-state index contributed by atoms with van der Waals surface area (Å²) in [6.07, 6.45) is 6.11. The minimum absolute atomic E-state index is 0.0800. The van der Waals surface area contributed by atoms with Crippen LogP contribution in [-0.4, -0.2) is 64.4 Å². The van der Waals surface area contributed by atoms with E-state index in [1.807, 2.05) is 42.5 Å². The number of likely N-dealkylation sites (tertiary alicyclic amines) is 1. The third-order valence-electron chi connectivity index (χ3n) is 10.6. The van der Waals surface area contributed by atoms with Crippen LogP contribution in [0.25, 0.3) is 11.1 Å². The van der Waals surface area contributed by atoms with E-state index in [2.05, 4.69) is 10.2 Å². The molecule has 3 aromatic carbocycles. The van der Waals surface area contributed by atoms with Crippen LogP contribution in [0.2, 0.25) is 0 Å². The predicted octanol–water partition coefficient (Wildman–Crippen LogP) is 4.61. The number of aromatic hydroxyl groups is 1. The van der Waals surface area contributed by atoms with Crippen LogP contribution >= 0.6 is 0 Å². The quantitative estimate of drug-likeness (QED) is 0.337. The summed E-state index contributed by atoms with van der Waals surface area (Å²) in [4.78, 5) is 39.6. The van der Waals surface area contributed by atoms with Gasteiger partial charge in [-0.25, -0.2) is 0 Å². The number of carbonyl (C=O) groups is 3. The van der Waals surface area contributed by atoms with Crippen LogP contribution in [0.5, 0.6) is 5.75 Å². The number of carbonyl (C=O) groups excluding carboxylic acids is 3. The second-order valence-electron chi connectivity index (χ2n) is 13.1. The van der Waals surface area contributed by atoms with E-state index in [4.69, 9.17) is 0 Å². The van der Waals surface area contributed by atoms with Crippen molar-refractivity contribution < 1.29 is 24.6 Å². The van der Waals surface area contributed by atoms with Gasteiger partial charge in [-0.1, -0.05) is 54.6 Å². The number of aldehydes is 1. The van der Waals surface area contributed by atoms with Crippen molar-refractivity contribution in [1.82, 2.24) is 10.2 Å². The Morgan fingerprint density at radius 3 is 2.42 bits per heavy atom. The smallest absolute Gasteiger partial charge is 0.255 e. The highest BCUT2D eigenvalue weighted by Crippen LogP contribution is 2.60. The fraction of sp³-hybridized carbons (Fsp3) is 0.417. The highest BCUT2D eigenvalue weighted by atomic mass is 16.3. The SMILES string of the molecule is O=Cc1ccc(-c2ccc(CCNC(=O)c3ccc4c(c3O)[C@]35CCN(CC6CC6)[C@H](C4)[C@]3(O)CCC(=O)C5)cc2)cc1. The molecule has 7 heteroatoms. The molecule has 222 valence electrons. The number of fused-ring (bicyclic) bond motifs is 1. The van der Waals surface area contributed by atoms with Crippen LogP contribution in [0.15, 0.2) is 60.7 Å². The zero-order chi connectivity index (χ0) is 29.8. The number of rotatable bonds is 8. The summed E-state index contributed by atoms with van der Waals surface area (Å²) in [7, 11) is 0. The molecule has 0 unspecified atom stereocenters. The van der Waals surface area contributed by atoms with Gasteiger partial charge in [-0.05, 0) is 79.3 Å². The van der Waals surface area contributed by atoms with Crippen molar-refractivity contribution in [3.8, 4) is 16.9 Å². The number of phenols is 1. The molecule has 3 fully saturated rings. The molecule has 2 bridgehead atoms. The normalized spacial score (nSPS) is 26.3. The molecule has 0 aromatic heterocycles. The van der Waals surface area contributed by atoms with Gasteiger partial charge in [0, 0.05) is 48.5 Å². The Labute approximate surface area is 251 Å². The van der Waals surface area contributed by atoms with Crippen LogP contribution in [0.3, 0.4) is 0 Å². The minimum Gasteiger partial charge on any atom is -0.507 e. The molecule has 1 heterocycles. The molecule has 7 rings (SSSR count). The molecule has 3 aromatic rings. The van der Waals surface area contributed by atoms with Crippen molar-refractivity contribution in [2.45, 2.75) is 68.4 Å². The second-order valence-corrected chi connectivity index (χ2v) is 13.1. The summed E-state index contributed by atoms with van der Waals surface area (Å²) >= 11 is 0. The van der Waals surface area contributed by atoms with Gasteiger partial charge in [0.1, 0.15) is 17.8 Å². The first kappa shape index (κ1) is 28.0. The van der Waals surface area contributed by atoms with E-state index >= 15 is 0 Å². The Bertz CT molecular complexity index is 1580. The molecule has 1 saturated heterocycles. The fourth-order valence-corrected chi connectivity index (χ4v) is 8.07. The maximum Gasteiger partial charge on any atom is 0.255 e. The lowest BCUT2D eigenvalue weighted by Crippen LogP contribution is -2.73. The van der Waals surface area contributed by atoms with Crippen molar-refractivity contribution in [3.63, 3.8) is 0 Å². The Balaban J connectivity index is 1.08. The van der Waals surface area contributed by atoms with Crippen molar-refractivity contribution in [2.24, 2.45) is 5.92 Å². The molecular formula is C36H38N2O5. The third-order valence-corrected chi connectivity index (χ3v) is 10.6. The maximum atomic E-state index is 13.4. The second kappa shape index (κ2) is 10.7. The first-order valence-corrected chi connectivity index (χ1v) is 15.6. The van der Waals surface area contributed by atoms with Gasteiger partial charge in [0.15, 0.2) is 0 Å². The molecule has 3 aliphatic carbocycles. The van der Waals surface area contributed by atoms with E-state index in [-0.39, 0.29) is 35.5 Å². The Hall–Kier alpha value is -3.81. The van der Waals surface area contributed by atoms with Crippen LogP contribution in [-0.2, 0) is 23.1 Å². The van der Waals surface area contributed by atoms with Crippen LogP contribution in [0.4, 0.5) is 0 Å². The minimum atomic E-state index is -1.10. The summed E-state index contributed by atoms with van der Waals surface area (Å²) in [5.74, 6) is 0.372. The number of phenolic OH excluding ortho intramolecular Hbond substituents is 1. The van der Waals surface area contributed by atoms with Crippen LogP contribution < -0.4 is 5.32 Å². The average molecular weight is 579 g/mol. The maximum absolute atomic E-state index is 13.4. The van der Waals surface area contributed by atoms with Crippen molar-refractivity contribution in [2.75, 3.05) is 19.6 Å². The molecule has 7 nitrogen and oxygen atoms in total.